The number of hydrogen-bond acceptors (Lipinski definition) is 4. The Morgan fingerprint density at radius 3 is 2.90 bits per heavy atom. The van der Waals surface area contributed by atoms with E-state index in [1.807, 2.05) is 23.1 Å². The Hall–Kier alpha value is -2.01. The lowest BCUT2D eigenvalue weighted by atomic mass is 9.98. The molecule has 0 unspecified atom stereocenters. The molecular weight excluding hydrogens is 252 g/mol. The SMILES string of the molecule is CC1(C)CNCCN1C(=O)c1cccc2nccnc12. The van der Waals surface area contributed by atoms with Crippen LogP contribution in [0.25, 0.3) is 11.0 Å². The number of carbonyl (C=O) groups is 1. The molecular formula is C15H18N4O. The first-order valence-corrected chi connectivity index (χ1v) is 6.82. The van der Waals surface area contributed by atoms with Crippen molar-refractivity contribution in [1.29, 1.82) is 0 Å². The first kappa shape index (κ1) is 13.0. The molecule has 0 spiro atoms. The summed E-state index contributed by atoms with van der Waals surface area (Å²) in [5.41, 5.74) is 1.87. The maximum atomic E-state index is 12.9. The van der Waals surface area contributed by atoms with Crippen molar-refractivity contribution in [3.05, 3.63) is 36.2 Å². The van der Waals surface area contributed by atoms with Crippen molar-refractivity contribution in [2.45, 2.75) is 19.4 Å². The number of hydrogen-bond donors (Lipinski definition) is 1. The molecule has 2 heterocycles. The highest BCUT2D eigenvalue weighted by Gasteiger charge is 2.34. The lowest BCUT2D eigenvalue weighted by Crippen LogP contribution is -2.59. The summed E-state index contributed by atoms with van der Waals surface area (Å²) in [6.07, 6.45) is 3.27. The number of para-hydroxylation sites is 1. The highest BCUT2D eigenvalue weighted by atomic mass is 16.2. The molecule has 0 atom stereocenters. The zero-order chi connectivity index (χ0) is 14.2. The number of benzene rings is 1. The quantitative estimate of drug-likeness (QED) is 0.852. The van der Waals surface area contributed by atoms with E-state index in [1.54, 1.807) is 12.4 Å². The lowest BCUT2D eigenvalue weighted by Gasteiger charge is -2.42. The number of nitrogens with one attached hydrogen (secondary N) is 1. The molecule has 1 N–H and O–H groups in total. The fourth-order valence-corrected chi connectivity index (χ4v) is 2.67. The molecule has 0 aliphatic carbocycles. The number of carbonyl (C=O) groups excluding carboxylic acids is 1. The fraction of sp³-hybridized carbons (Fsp3) is 0.400. The van der Waals surface area contributed by atoms with Crippen molar-refractivity contribution < 1.29 is 4.79 Å². The zero-order valence-corrected chi connectivity index (χ0v) is 11.8. The van der Waals surface area contributed by atoms with Gasteiger partial charge in [0.05, 0.1) is 16.6 Å². The standard InChI is InChI=1S/C15H18N4O/c1-15(2)10-16-8-9-19(15)14(20)11-4-3-5-12-13(11)18-7-6-17-12/h3-7,16H,8-10H2,1-2H3. The van der Waals surface area contributed by atoms with Crippen LogP contribution < -0.4 is 5.32 Å². The average molecular weight is 270 g/mol. The molecule has 1 amide bonds. The van der Waals surface area contributed by atoms with Crippen molar-refractivity contribution >= 4 is 16.9 Å². The number of piperazine rings is 1. The molecule has 3 rings (SSSR count). The predicted molar refractivity (Wildman–Crippen MR) is 77.5 cm³/mol. The normalized spacial score (nSPS) is 18.2. The minimum atomic E-state index is -0.195. The first-order chi connectivity index (χ1) is 9.59. The van der Waals surface area contributed by atoms with Gasteiger partial charge in [-0.3, -0.25) is 14.8 Å². The highest BCUT2D eigenvalue weighted by Crippen LogP contribution is 2.22. The summed E-state index contributed by atoms with van der Waals surface area (Å²) in [5.74, 6) is 0.0302. The molecule has 2 aromatic rings. The van der Waals surface area contributed by atoms with Gasteiger partial charge in [-0.25, -0.2) is 0 Å². The molecule has 0 bridgehead atoms. The second-order valence-corrected chi connectivity index (χ2v) is 5.68. The molecule has 0 radical (unpaired) electrons. The van der Waals surface area contributed by atoms with Gasteiger partial charge >= 0.3 is 0 Å². The molecule has 0 saturated carbocycles. The van der Waals surface area contributed by atoms with Crippen LogP contribution >= 0.6 is 0 Å². The molecule has 1 saturated heterocycles. The zero-order valence-electron chi connectivity index (χ0n) is 11.8. The van der Waals surface area contributed by atoms with Gasteiger partial charge in [-0.05, 0) is 26.0 Å². The topological polar surface area (TPSA) is 58.1 Å². The summed E-state index contributed by atoms with van der Waals surface area (Å²) >= 11 is 0. The van der Waals surface area contributed by atoms with E-state index in [-0.39, 0.29) is 11.4 Å². The Balaban J connectivity index is 2.04. The van der Waals surface area contributed by atoms with Crippen molar-refractivity contribution in [2.75, 3.05) is 19.6 Å². The Bertz CT molecular complexity index is 648. The van der Waals surface area contributed by atoms with Crippen LogP contribution in [0.2, 0.25) is 0 Å². The van der Waals surface area contributed by atoms with Crippen LogP contribution in [0.1, 0.15) is 24.2 Å². The number of amides is 1. The number of fused-ring (bicyclic) bond motifs is 1. The van der Waals surface area contributed by atoms with Gasteiger partial charge in [0.15, 0.2) is 0 Å². The van der Waals surface area contributed by atoms with E-state index in [4.69, 9.17) is 0 Å². The summed E-state index contributed by atoms with van der Waals surface area (Å²) in [6, 6.07) is 5.57. The van der Waals surface area contributed by atoms with Gasteiger partial charge < -0.3 is 10.2 Å². The minimum Gasteiger partial charge on any atom is -0.331 e. The molecule has 1 aromatic carbocycles. The van der Waals surface area contributed by atoms with Crippen LogP contribution in [0.4, 0.5) is 0 Å². The molecule has 5 heteroatoms. The molecule has 1 fully saturated rings. The predicted octanol–water partition coefficient (Wildman–Crippen LogP) is 1.45. The average Bonchev–Trinajstić information content (AvgIpc) is 2.45. The van der Waals surface area contributed by atoms with Gasteiger partial charge in [0.2, 0.25) is 0 Å². The third-order valence-corrected chi connectivity index (χ3v) is 3.77. The van der Waals surface area contributed by atoms with E-state index >= 15 is 0 Å². The van der Waals surface area contributed by atoms with E-state index in [2.05, 4.69) is 29.1 Å². The number of rotatable bonds is 1. The lowest BCUT2D eigenvalue weighted by molar-refractivity contribution is 0.0479. The van der Waals surface area contributed by atoms with Gasteiger partial charge in [-0.15, -0.1) is 0 Å². The Labute approximate surface area is 118 Å². The van der Waals surface area contributed by atoms with Crippen molar-refractivity contribution in [1.82, 2.24) is 20.2 Å². The Kier molecular flexibility index (Phi) is 3.14. The Morgan fingerprint density at radius 1 is 1.30 bits per heavy atom. The van der Waals surface area contributed by atoms with Crippen LogP contribution in [-0.2, 0) is 0 Å². The van der Waals surface area contributed by atoms with Gasteiger partial charge in [0.1, 0.15) is 5.52 Å². The van der Waals surface area contributed by atoms with E-state index < -0.39 is 0 Å². The van der Waals surface area contributed by atoms with Crippen molar-refractivity contribution in [2.24, 2.45) is 0 Å². The highest BCUT2D eigenvalue weighted by molar-refractivity contribution is 6.04. The molecule has 104 valence electrons. The van der Waals surface area contributed by atoms with E-state index in [1.165, 1.54) is 0 Å². The first-order valence-electron chi connectivity index (χ1n) is 6.82. The van der Waals surface area contributed by atoms with Gasteiger partial charge in [-0.1, -0.05) is 6.07 Å². The van der Waals surface area contributed by atoms with Gasteiger partial charge in [-0.2, -0.15) is 0 Å². The van der Waals surface area contributed by atoms with Crippen molar-refractivity contribution in [3.63, 3.8) is 0 Å². The summed E-state index contributed by atoms with van der Waals surface area (Å²) in [4.78, 5) is 23.4. The molecule has 5 nitrogen and oxygen atoms in total. The summed E-state index contributed by atoms with van der Waals surface area (Å²) in [6.45, 7) is 6.49. The maximum absolute atomic E-state index is 12.9. The van der Waals surface area contributed by atoms with Gasteiger partial charge in [0, 0.05) is 32.0 Å². The molecule has 1 aliphatic rings. The molecule has 1 aliphatic heterocycles. The number of nitrogens with zero attached hydrogens (tertiary/aromatic N) is 3. The largest absolute Gasteiger partial charge is 0.331 e. The molecule has 1 aromatic heterocycles. The van der Waals surface area contributed by atoms with Crippen LogP contribution in [-0.4, -0.2) is 45.9 Å². The van der Waals surface area contributed by atoms with Crippen LogP contribution in [0, 0.1) is 0 Å². The third kappa shape index (κ3) is 2.14. The summed E-state index contributed by atoms with van der Waals surface area (Å²) in [5, 5.41) is 3.33. The second-order valence-electron chi connectivity index (χ2n) is 5.68. The van der Waals surface area contributed by atoms with Crippen LogP contribution in [0.3, 0.4) is 0 Å². The smallest absolute Gasteiger partial charge is 0.256 e. The van der Waals surface area contributed by atoms with Crippen LogP contribution in [0.5, 0.6) is 0 Å². The van der Waals surface area contributed by atoms with Crippen LogP contribution in [0.15, 0.2) is 30.6 Å². The Morgan fingerprint density at radius 2 is 2.10 bits per heavy atom. The molecule has 20 heavy (non-hydrogen) atoms. The van der Waals surface area contributed by atoms with Gasteiger partial charge in [0.25, 0.3) is 5.91 Å². The number of aromatic nitrogens is 2. The minimum absolute atomic E-state index is 0.0302. The van der Waals surface area contributed by atoms with E-state index in [0.717, 1.165) is 18.6 Å². The monoisotopic (exact) mass is 270 g/mol. The fourth-order valence-electron chi connectivity index (χ4n) is 2.67. The maximum Gasteiger partial charge on any atom is 0.256 e. The summed E-state index contributed by atoms with van der Waals surface area (Å²) < 4.78 is 0. The third-order valence-electron chi connectivity index (χ3n) is 3.77. The summed E-state index contributed by atoms with van der Waals surface area (Å²) in [7, 11) is 0. The van der Waals surface area contributed by atoms with Crippen molar-refractivity contribution in [3.8, 4) is 0 Å². The van der Waals surface area contributed by atoms with E-state index in [0.29, 0.717) is 17.6 Å². The van der Waals surface area contributed by atoms with E-state index in [9.17, 15) is 4.79 Å². The second kappa shape index (κ2) is 4.83.